The number of aromatic nitrogens is 3. The van der Waals surface area contributed by atoms with Gasteiger partial charge >= 0.3 is 12.5 Å². The average Bonchev–Trinajstić information content (AvgIpc) is 3.58. The van der Waals surface area contributed by atoms with E-state index in [2.05, 4.69) is 93.9 Å². The van der Waals surface area contributed by atoms with Crippen molar-refractivity contribution in [2.24, 2.45) is 7.05 Å². The van der Waals surface area contributed by atoms with Crippen LogP contribution in [-0.2, 0) is 18.2 Å². The summed E-state index contributed by atoms with van der Waals surface area (Å²) in [4.78, 5) is 1.82. The summed E-state index contributed by atoms with van der Waals surface area (Å²) in [5, 5.41) is 0. The molecule has 39 heavy (non-hydrogen) atoms. The van der Waals surface area contributed by atoms with Gasteiger partial charge in [0.2, 0.25) is 17.3 Å². The molecule has 0 bridgehead atoms. The lowest BCUT2D eigenvalue weighted by molar-refractivity contribution is -1.02. The fourth-order valence-corrected chi connectivity index (χ4v) is 9.67. The molecule has 180 valence electrons. The topological polar surface area (TPSA) is 45.0 Å². The number of nitrogens with zero attached hydrogens (tertiary/aromatic N) is 4. The van der Waals surface area contributed by atoms with Gasteiger partial charge in [-0.05, 0) is 54.1 Å². The van der Waals surface area contributed by atoms with Crippen molar-refractivity contribution in [3.8, 4) is 34.0 Å². The molecule has 2 atom stereocenters. The maximum Gasteiger partial charge on any atom is 0.354 e. The van der Waals surface area contributed by atoms with Crippen LogP contribution in [0.4, 0.5) is 11.4 Å². The lowest BCUT2D eigenvalue weighted by atomic mass is 9.39. The molecule has 6 nitrogen and oxygen atoms in total. The van der Waals surface area contributed by atoms with E-state index in [9.17, 15) is 4.55 Å². The molecular formula is C31H18BN4O2S+3. The van der Waals surface area contributed by atoms with Crippen molar-refractivity contribution in [3.63, 3.8) is 0 Å². The first-order chi connectivity index (χ1) is 19.2. The van der Waals surface area contributed by atoms with Gasteiger partial charge in [0.15, 0.2) is 26.8 Å². The molecular weight excluding hydrogens is 503 g/mol. The molecule has 4 aromatic carbocycles. The predicted octanol–water partition coefficient (Wildman–Crippen LogP) is 2.70. The number of benzene rings is 4. The molecule has 6 aromatic rings. The monoisotopic (exact) mass is 521 g/mol. The highest BCUT2D eigenvalue weighted by molar-refractivity contribution is 7.92. The molecule has 5 aliphatic heterocycles. The molecule has 0 amide bonds. The van der Waals surface area contributed by atoms with E-state index < -0.39 is 11.2 Å². The molecule has 0 radical (unpaired) electrons. The van der Waals surface area contributed by atoms with Crippen LogP contribution in [0.2, 0.25) is 0 Å². The second-order valence-corrected chi connectivity index (χ2v) is 12.4. The van der Waals surface area contributed by atoms with E-state index in [1.807, 2.05) is 18.2 Å². The third-order valence-electron chi connectivity index (χ3n) is 9.43. The third kappa shape index (κ3) is 1.78. The van der Waals surface area contributed by atoms with Crippen LogP contribution in [0.1, 0.15) is 0 Å². The lowest BCUT2D eigenvalue weighted by Crippen LogP contribution is -2.92. The second kappa shape index (κ2) is 5.94. The smallest absolute Gasteiger partial charge is 0.354 e. The quantitative estimate of drug-likeness (QED) is 0.133. The van der Waals surface area contributed by atoms with Gasteiger partial charge in [-0.3, -0.25) is 0 Å². The highest BCUT2D eigenvalue weighted by atomic mass is 32.2. The number of hydrogen-bond acceptors (Lipinski definition) is 2. The van der Waals surface area contributed by atoms with Crippen molar-refractivity contribution in [1.29, 1.82) is 0 Å². The normalized spacial score (nSPS) is 20.6. The van der Waals surface area contributed by atoms with Gasteiger partial charge in [-0.2, -0.15) is 0 Å². The molecule has 1 spiro atoms. The minimum absolute atomic E-state index is 0.00994. The SMILES string of the molecule is Cn1c2[n+](c3ccccc31)[N+]13c4c(cccc4-2)Oc2ccc4c(c21)B1c2c(cccc2[S+]4[O-])-c2ccc[n+]3c21. The molecule has 7 heterocycles. The van der Waals surface area contributed by atoms with Crippen LogP contribution >= 0.6 is 0 Å². The fraction of sp³-hybridized carbons (Fsp3) is 0.0323. The first-order valence-electron chi connectivity index (χ1n) is 13.2. The first kappa shape index (κ1) is 19.7. The molecule has 0 N–H and O–H groups in total. The van der Waals surface area contributed by atoms with Gasteiger partial charge in [0, 0.05) is 37.6 Å². The fourth-order valence-electron chi connectivity index (χ4n) is 8.20. The molecule has 0 saturated heterocycles. The van der Waals surface area contributed by atoms with Crippen LogP contribution in [0.15, 0.2) is 101 Å². The van der Waals surface area contributed by atoms with Crippen LogP contribution in [0.5, 0.6) is 11.5 Å². The maximum atomic E-state index is 14.2. The summed E-state index contributed by atoms with van der Waals surface area (Å²) in [5.74, 6) is 2.79. The lowest BCUT2D eigenvalue weighted by Gasteiger charge is -2.36. The number of rotatable bonds is 0. The number of fused-ring (bicyclic) bond motifs is 5. The van der Waals surface area contributed by atoms with Gasteiger partial charge in [0.05, 0.1) is 12.5 Å². The average molecular weight is 521 g/mol. The van der Waals surface area contributed by atoms with Crippen LogP contribution in [0.25, 0.3) is 33.5 Å². The zero-order valence-corrected chi connectivity index (χ0v) is 21.6. The Labute approximate surface area is 226 Å². The molecule has 0 aliphatic carbocycles. The zero-order chi connectivity index (χ0) is 25.4. The van der Waals surface area contributed by atoms with Gasteiger partial charge < -0.3 is 9.29 Å². The highest BCUT2D eigenvalue weighted by Gasteiger charge is 2.74. The Balaban J connectivity index is 1.46. The summed E-state index contributed by atoms with van der Waals surface area (Å²) in [6.07, 6.45) is 2.23. The van der Waals surface area contributed by atoms with Crippen molar-refractivity contribution in [1.82, 2.24) is 9.27 Å². The Bertz CT molecular complexity index is 2230. The third-order valence-corrected chi connectivity index (χ3v) is 10.9. The van der Waals surface area contributed by atoms with Crippen molar-refractivity contribution in [2.75, 3.05) is 0 Å². The minimum Gasteiger partial charge on any atom is -0.606 e. The van der Waals surface area contributed by atoms with E-state index in [0.29, 0.717) is 4.70 Å². The summed E-state index contributed by atoms with van der Waals surface area (Å²) in [5.41, 5.74) is 11.6. The second-order valence-electron chi connectivity index (χ2n) is 10.9. The van der Waals surface area contributed by atoms with E-state index in [1.165, 1.54) is 27.7 Å². The molecule has 0 fully saturated rings. The Morgan fingerprint density at radius 1 is 0.795 bits per heavy atom. The summed E-state index contributed by atoms with van der Waals surface area (Å²) in [6, 6.07) is 29.7. The van der Waals surface area contributed by atoms with Crippen molar-refractivity contribution in [3.05, 3.63) is 91.1 Å². The Morgan fingerprint density at radius 3 is 2.54 bits per heavy atom. The Kier molecular flexibility index (Phi) is 3.00. The van der Waals surface area contributed by atoms with E-state index in [0.717, 1.165) is 55.0 Å². The largest absolute Gasteiger partial charge is 0.606 e. The molecule has 11 rings (SSSR count). The minimum atomic E-state index is -1.28. The van der Waals surface area contributed by atoms with E-state index in [4.69, 9.17) is 4.74 Å². The van der Waals surface area contributed by atoms with Gasteiger partial charge in [0.1, 0.15) is 10.3 Å². The van der Waals surface area contributed by atoms with Gasteiger partial charge in [0.25, 0.3) is 11.4 Å². The zero-order valence-electron chi connectivity index (χ0n) is 20.8. The number of aryl methyl sites for hydroxylation is 1. The maximum absolute atomic E-state index is 14.2. The first-order valence-corrected chi connectivity index (χ1v) is 14.4. The van der Waals surface area contributed by atoms with Crippen LogP contribution in [-0.4, -0.2) is 15.8 Å². The number of ether oxygens (including phenoxy) is 1. The Hall–Kier alpha value is -4.37. The number of quaternary nitrogens is 1. The van der Waals surface area contributed by atoms with Crippen molar-refractivity contribution < 1.29 is 18.6 Å². The predicted molar refractivity (Wildman–Crippen MR) is 149 cm³/mol. The number of para-hydroxylation sites is 3. The summed E-state index contributed by atoms with van der Waals surface area (Å²) >= 11 is -1.28. The van der Waals surface area contributed by atoms with E-state index in [1.54, 1.807) is 0 Å². The molecule has 0 saturated carbocycles. The summed E-state index contributed by atoms with van der Waals surface area (Å²) in [7, 11) is 2.15. The van der Waals surface area contributed by atoms with Crippen LogP contribution in [0, 0.1) is 0 Å². The number of imidazole rings is 1. The molecule has 2 unspecified atom stereocenters. The number of pyridine rings is 1. The highest BCUT2D eigenvalue weighted by Crippen LogP contribution is 2.57. The summed E-state index contributed by atoms with van der Waals surface area (Å²) < 4.78 is 28.5. The van der Waals surface area contributed by atoms with E-state index >= 15 is 0 Å². The molecule has 8 heteroatoms. The van der Waals surface area contributed by atoms with Crippen LogP contribution in [0.3, 0.4) is 0 Å². The van der Waals surface area contributed by atoms with Crippen LogP contribution < -0.4 is 35.3 Å². The van der Waals surface area contributed by atoms with Gasteiger partial charge in [-0.15, -0.1) is 0 Å². The molecule has 5 aliphatic rings. The summed E-state index contributed by atoms with van der Waals surface area (Å²) in [6.45, 7) is 0.00994. The standard InChI is InChI=1S/C31H18BN4O2S/c1-33-20-10-2-3-11-21(20)35-31(33)19-8-4-12-22-28(19)36(35)29-23(38-22)14-15-25-27(29)32-26-17(7-5-13-24(26)39(25)37)18-9-6-16-34(36)30(18)32/h2-16H,1H3/q+3. The van der Waals surface area contributed by atoms with E-state index in [-0.39, 0.29) is 6.71 Å². The van der Waals surface area contributed by atoms with Crippen molar-refractivity contribution >= 4 is 56.8 Å². The number of hydrogen-bond donors (Lipinski definition) is 0. The van der Waals surface area contributed by atoms with Crippen molar-refractivity contribution in [2.45, 2.75) is 9.79 Å². The van der Waals surface area contributed by atoms with Gasteiger partial charge in [-0.25, -0.2) is 4.57 Å². The Morgan fingerprint density at radius 2 is 1.59 bits per heavy atom. The molecule has 2 aromatic heterocycles. The van der Waals surface area contributed by atoms with Gasteiger partial charge in [-0.1, -0.05) is 30.3 Å².